The topological polar surface area (TPSA) is 9.23 Å². The molecule has 0 N–H and O–H groups in total. The lowest BCUT2D eigenvalue weighted by Gasteiger charge is -2.19. The molecule has 0 spiro atoms. The highest BCUT2D eigenvalue weighted by molar-refractivity contribution is 5.61. The van der Waals surface area contributed by atoms with Crippen LogP contribution in [0.1, 0.15) is 41.7 Å². The van der Waals surface area contributed by atoms with Gasteiger partial charge in [-0.15, -0.1) is 0 Å². The molecule has 0 aromatic heterocycles. The Morgan fingerprint density at radius 3 is 2.68 bits per heavy atom. The normalized spacial score (nSPS) is 17.0. The molecule has 144 valence electrons. The first-order valence-corrected chi connectivity index (χ1v) is 9.99. The maximum absolute atomic E-state index is 6.00. The largest absolute Gasteiger partial charge is 0.372 e. The molecular formula is C27H30O. The molecule has 0 amide bonds. The van der Waals surface area contributed by atoms with Crippen LogP contribution in [0, 0.1) is 12.8 Å². The lowest BCUT2D eigenvalue weighted by molar-refractivity contribution is 0.107. The third-order valence-electron chi connectivity index (χ3n) is 5.42. The van der Waals surface area contributed by atoms with E-state index in [0.717, 1.165) is 6.42 Å². The van der Waals surface area contributed by atoms with Gasteiger partial charge >= 0.3 is 0 Å². The SMILES string of the molecule is C=C1C=Cc2cc(C)c(COCc3ccccc3)cc2CC1/C(C)=C/C=C\C. The van der Waals surface area contributed by atoms with Crippen LogP contribution in [0.25, 0.3) is 6.08 Å². The minimum atomic E-state index is 0.342. The molecular weight excluding hydrogens is 340 g/mol. The summed E-state index contributed by atoms with van der Waals surface area (Å²) >= 11 is 0. The van der Waals surface area contributed by atoms with Crippen LogP contribution in [-0.4, -0.2) is 0 Å². The fourth-order valence-electron chi connectivity index (χ4n) is 3.65. The molecule has 0 fully saturated rings. The molecule has 0 aliphatic heterocycles. The van der Waals surface area contributed by atoms with Gasteiger partial charge in [0.05, 0.1) is 13.2 Å². The van der Waals surface area contributed by atoms with Crippen molar-refractivity contribution in [3.8, 4) is 0 Å². The van der Waals surface area contributed by atoms with Crippen LogP contribution < -0.4 is 0 Å². The summed E-state index contributed by atoms with van der Waals surface area (Å²) in [5.74, 6) is 0.342. The van der Waals surface area contributed by atoms with Crippen LogP contribution in [0.2, 0.25) is 0 Å². The summed E-state index contributed by atoms with van der Waals surface area (Å²) in [7, 11) is 0. The second-order valence-corrected chi connectivity index (χ2v) is 7.56. The monoisotopic (exact) mass is 370 g/mol. The zero-order chi connectivity index (χ0) is 19.9. The molecule has 0 bridgehead atoms. The number of hydrogen-bond donors (Lipinski definition) is 0. The molecule has 3 rings (SSSR count). The Morgan fingerprint density at radius 2 is 1.93 bits per heavy atom. The number of ether oxygens (including phenoxy) is 1. The highest BCUT2D eigenvalue weighted by Crippen LogP contribution is 2.32. The summed E-state index contributed by atoms with van der Waals surface area (Å²) < 4.78 is 6.00. The first-order chi connectivity index (χ1) is 13.6. The Labute approximate surface area is 169 Å². The van der Waals surface area contributed by atoms with Gasteiger partial charge in [0.1, 0.15) is 0 Å². The predicted octanol–water partition coefficient (Wildman–Crippen LogP) is 6.98. The molecule has 0 saturated carbocycles. The van der Waals surface area contributed by atoms with Crippen molar-refractivity contribution in [3.05, 3.63) is 112 Å². The third-order valence-corrected chi connectivity index (χ3v) is 5.42. The van der Waals surface area contributed by atoms with Gasteiger partial charge in [-0.1, -0.05) is 85.0 Å². The van der Waals surface area contributed by atoms with Crippen molar-refractivity contribution in [2.24, 2.45) is 5.92 Å². The summed E-state index contributed by atoms with van der Waals surface area (Å²) in [5.41, 5.74) is 8.95. The molecule has 0 heterocycles. The molecule has 1 unspecified atom stereocenters. The van der Waals surface area contributed by atoms with E-state index in [0.29, 0.717) is 19.1 Å². The Balaban J connectivity index is 1.78. The molecule has 28 heavy (non-hydrogen) atoms. The van der Waals surface area contributed by atoms with Crippen LogP contribution in [0.4, 0.5) is 0 Å². The number of rotatable bonds is 6. The maximum Gasteiger partial charge on any atom is 0.0724 e. The Bertz CT molecular complexity index is 913. The first kappa shape index (κ1) is 20.1. The molecule has 1 nitrogen and oxygen atoms in total. The van der Waals surface area contributed by atoms with Crippen molar-refractivity contribution < 1.29 is 4.74 Å². The van der Waals surface area contributed by atoms with Crippen LogP contribution >= 0.6 is 0 Å². The average Bonchev–Trinajstić information content (AvgIpc) is 2.86. The minimum absolute atomic E-state index is 0.342. The molecule has 1 aliphatic carbocycles. The average molecular weight is 371 g/mol. The van der Waals surface area contributed by atoms with Crippen LogP contribution in [0.3, 0.4) is 0 Å². The van der Waals surface area contributed by atoms with Crippen LogP contribution in [-0.2, 0) is 24.4 Å². The molecule has 0 saturated heterocycles. The highest BCUT2D eigenvalue weighted by Gasteiger charge is 2.19. The zero-order valence-electron chi connectivity index (χ0n) is 17.2. The van der Waals surface area contributed by atoms with E-state index in [9.17, 15) is 0 Å². The van der Waals surface area contributed by atoms with Gasteiger partial charge in [-0.05, 0) is 60.6 Å². The molecule has 1 aliphatic rings. The van der Waals surface area contributed by atoms with Gasteiger partial charge in [0.15, 0.2) is 0 Å². The standard InChI is InChI=1S/C27H30O/c1-5-6-10-20(2)27-17-25-16-26(19-28-18-23-11-8-7-9-12-23)22(4)15-24(25)14-13-21(27)3/h5-16,27H,3,17-19H2,1-2,4H3/b6-5-,20-10+. The minimum Gasteiger partial charge on any atom is -0.372 e. The van der Waals surface area contributed by atoms with Crippen molar-refractivity contribution in [2.45, 2.75) is 40.4 Å². The summed E-state index contributed by atoms with van der Waals surface area (Å²) in [5, 5.41) is 0. The Hall–Kier alpha value is -2.64. The van der Waals surface area contributed by atoms with E-state index in [1.165, 1.54) is 39.0 Å². The van der Waals surface area contributed by atoms with E-state index >= 15 is 0 Å². The summed E-state index contributed by atoms with van der Waals surface area (Å²) in [6.07, 6.45) is 11.7. The van der Waals surface area contributed by atoms with Crippen molar-refractivity contribution >= 4 is 6.08 Å². The number of aryl methyl sites for hydroxylation is 1. The van der Waals surface area contributed by atoms with E-state index in [4.69, 9.17) is 4.74 Å². The zero-order valence-corrected chi connectivity index (χ0v) is 17.2. The Morgan fingerprint density at radius 1 is 1.14 bits per heavy atom. The first-order valence-electron chi connectivity index (χ1n) is 9.99. The van der Waals surface area contributed by atoms with Crippen molar-refractivity contribution in [1.82, 2.24) is 0 Å². The summed E-state index contributed by atoms with van der Waals surface area (Å²) in [6, 6.07) is 15.0. The fraction of sp³-hybridized carbons (Fsp3) is 0.259. The van der Waals surface area contributed by atoms with Crippen molar-refractivity contribution in [1.29, 1.82) is 0 Å². The van der Waals surface area contributed by atoms with Crippen LogP contribution in [0.5, 0.6) is 0 Å². The van der Waals surface area contributed by atoms with E-state index in [1.807, 2.05) is 13.0 Å². The third kappa shape index (κ3) is 4.99. The molecule has 2 aromatic carbocycles. The van der Waals surface area contributed by atoms with Gasteiger partial charge in [-0.3, -0.25) is 0 Å². The lowest BCUT2D eigenvalue weighted by atomic mass is 9.86. The number of fused-ring (bicyclic) bond motifs is 1. The van der Waals surface area contributed by atoms with Crippen LogP contribution in [0.15, 0.2) is 84.5 Å². The van der Waals surface area contributed by atoms with E-state index in [2.05, 4.69) is 87.2 Å². The molecule has 1 atom stereocenters. The molecule has 0 radical (unpaired) electrons. The van der Waals surface area contributed by atoms with Gasteiger partial charge in [-0.25, -0.2) is 0 Å². The van der Waals surface area contributed by atoms with Gasteiger partial charge < -0.3 is 4.74 Å². The van der Waals surface area contributed by atoms with Crippen molar-refractivity contribution in [3.63, 3.8) is 0 Å². The van der Waals surface area contributed by atoms with Gasteiger partial charge in [-0.2, -0.15) is 0 Å². The number of hydrogen-bond acceptors (Lipinski definition) is 1. The second-order valence-electron chi connectivity index (χ2n) is 7.56. The van der Waals surface area contributed by atoms with E-state index in [-0.39, 0.29) is 0 Å². The summed E-state index contributed by atoms with van der Waals surface area (Å²) in [4.78, 5) is 0. The second kappa shape index (κ2) is 9.52. The highest BCUT2D eigenvalue weighted by atomic mass is 16.5. The van der Waals surface area contributed by atoms with Crippen molar-refractivity contribution in [2.75, 3.05) is 0 Å². The fourth-order valence-corrected chi connectivity index (χ4v) is 3.65. The molecule has 2 aromatic rings. The lowest BCUT2D eigenvalue weighted by Crippen LogP contribution is -2.08. The smallest absolute Gasteiger partial charge is 0.0724 e. The maximum atomic E-state index is 6.00. The van der Waals surface area contributed by atoms with Gasteiger partial charge in [0.25, 0.3) is 0 Å². The quantitative estimate of drug-likeness (QED) is 0.499. The van der Waals surface area contributed by atoms with E-state index in [1.54, 1.807) is 0 Å². The van der Waals surface area contributed by atoms with Gasteiger partial charge in [0.2, 0.25) is 0 Å². The van der Waals surface area contributed by atoms with E-state index < -0.39 is 0 Å². The summed E-state index contributed by atoms with van der Waals surface area (Å²) in [6.45, 7) is 12.0. The predicted molar refractivity (Wildman–Crippen MR) is 120 cm³/mol. The number of benzene rings is 2. The molecule has 1 heteroatoms. The van der Waals surface area contributed by atoms with Gasteiger partial charge in [0, 0.05) is 5.92 Å². The Kier molecular flexibility index (Phi) is 6.84. The number of allylic oxidation sites excluding steroid dienone is 6.